The lowest BCUT2D eigenvalue weighted by atomic mass is 10.1. The van der Waals surface area contributed by atoms with E-state index in [1.54, 1.807) is 20.0 Å². The van der Waals surface area contributed by atoms with Crippen LogP contribution in [0.15, 0.2) is 30.3 Å². The Morgan fingerprint density at radius 2 is 1.70 bits per heavy atom. The zero-order valence-corrected chi connectivity index (χ0v) is 10.9. The number of halogens is 3. The van der Waals surface area contributed by atoms with Gasteiger partial charge in [0.05, 0.1) is 11.3 Å². The fraction of sp³-hybridized carbons (Fsp3) is 0.231. The molecule has 0 aliphatic rings. The van der Waals surface area contributed by atoms with E-state index >= 15 is 0 Å². The Morgan fingerprint density at radius 1 is 1.05 bits per heavy atom. The number of nitrogens with one attached hydrogen (secondary N) is 2. The van der Waals surface area contributed by atoms with Crippen molar-refractivity contribution in [1.82, 2.24) is 9.97 Å². The summed E-state index contributed by atoms with van der Waals surface area (Å²) in [7, 11) is 1.68. The number of anilines is 3. The molecule has 20 heavy (non-hydrogen) atoms. The second kappa shape index (κ2) is 5.36. The highest BCUT2D eigenvalue weighted by molar-refractivity contribution is 5.63. The maximum absolute atomic E-state index is 12.9. The monoisotopic (exact) mass is 282 g/mol. The van der Waals surface area contributed by atoms with Crippen LogP contribution in [-0.2, 0) is 6.18 Å². The summed E-state index contributed by atoms with van der Waals surface area (Å²) in [6.45, 7) is 1.67. The van der Waals surface area contributed by atoms with E-state index in [0.717, 1.165) is 6.07 Å². The predicted octanol–water partition coefficient (Wildman–Crippen LogP) is 3.59. The fourth-order valence-electron chi connectivity index (χ4n) is 1.74. The normalized spacial score (nSPS) is 11.2. The van der Waals surface area contributed by atoms with Crippen molar-refractivity contribution in [2.45, 2.75) is 13.1 Å². The molecule has 0 fully saturated rings. The Balaban J connectivity index is 2.38. The second-order valence-corrected chi connectivity index (χ2v) is 4.10. The van der Waals surface area contributed by atoms with E-state index in [1.165, 1.54) is 18.2 Å². The van der Waals surface area contributed by atoms with Gasteiger partial charge < -0.3 is 10.6 Å². The lowest BCUT2D eigenvalue weighted by Crippen LogP contribution is -2.09. The van der Waals surface area contributed by atoms with Gasteiger partial charge in [-0.05, 0) is 19.1 Å². The minimum Gasteiger partial charge on any atom is -0.373 e. The molecule has 106 valence electrons. The lowest BCUT2D eigenvalue weighted by Gasteiger charge is -2.14. The number of alkyl halides is 3. The van der Waals surface area contributed by atoms with Crippen molar-refractivity contribution in [1.29, 1.82) is 0 Å². The smallest absolute Gasteiger partial charge is 0.373 e. The molecule has 2 aromatic rings. The first-order valence-electron chi connectivity index (χ1n) is 5.87. The molecule has 1 aromatic heterocycles. The van der Waals surface area contributed by atoms with Gasteiger partial charge in [0.15, 0.2) is 0 Å². The van der Waals surface area contributed by atoms with Crippen molar-refractivity contribution in [2.24, 2.45) is 0 Å². The quantitative estimate of drug-likeness (QED) is 0.903. The third kappa shape index (κ3) is 3.17. The van der Waals surface area contributed by atoms with E-state index in [-0.39, 0.29) is 5.69 Å². The SMILES string of the molecule is CNc1cc(Nc2ccccc2C(F)(F)F)nc(C)n1. The number of aromatic nitrogens is 2. The number of aryl methyl sites for hydroxylation is 1. The van der Waals surface area contributed by atoms with Crippen molar-refractivity contribution < 1.29 is 13.2 Å². The van der Waals surface area contributed by atoms with Crippen molar-refractivity contribution in [3.05, 3.63) is 41.7 Å². The van der Waals surface area contributed by atoms with Gasteiger partial charge in [-0.1, -0.05) is 12.1 Å². The lowest BCUT2D eigenvalue weighted by molar-refractivity contribution is -0.136. The van der Waals surface area contributed by atoms with Crippen LogP contribution in [0, 0.1) is 6.92 Å². The highest BCUT2D eigenvalue weighted by Crippen LogP contribution is 2.35. The van der Waals surface area contributed by atoms with Crippen LogP contribution in [-0.4, -0.2) is 17.0 Å². The molecule has 2 N–H and O–H groups in total. The van der Waals surface area contributed by atoms with Gasteiger partial charge in [0.25, 0.3) is 0 Å². The van der Waals surface area contributed by atoms with Gasteiger partial charge >= 0.3 is 6.18 Å². The molecule has 7 heteroatoms. The molecule has 0 amide bonds. The van der Waals surface area contributed by atoms with Gasteiger partial charge in [-0.2, -0.15) is 13.2 Å². The number of hydrogen-bond donors (Lipinski definition) is 2. The molecular formula is C13H13F3N4. The van der Waals surface area contributed by atoms with Crippen molar-refractivity contribution >= 4 is 17.3 Å². The van der Waals surface area contributed by atoms with Gasteiger partial charge in [0, 0.05) is 13.1 Å². The predicted molar refractivity (Wildman–Crippen MR) is 71.0 cm³/mol. The number of benzene rings is 1. The Labute approximate surface area is 114 Å². The van der Waals surface area contributed by atoms with Crippen LogP contribution >= 0.6 is 0 Å². The summed E-state index contributed by atoms with van der Waals surface area (Å²) in [5.41, 5.74) is -0.776. The molecule has 1 aromatic carbocycles. The first-order valence-corrected chi connectivity index (χ1v) is 5.87. The largest absolute Gasteiger partial charge is 0.418 e. The molecule has 4 nitrogen and oxygen atoms in total. The molecular weight excluding hydrogens is 269 g/mol. The Morgan fingerprint density at radius 3 is 2.35 bits per heavy atom. The molecule has 0 spiro atoms. The van der Waals surface area contributed by atoms with Crippen LogP contribution in [0.5, 0.6) is 0 Å². The first kappa shape index (κ1) is 14.1. The van der Waals surface area contributed by atoms with Crippen LogP contribution in [0.1, 0.15) is 11.4 Å². The zero-order chi connectivity index (χ0) is 14.8. The van der Waals surface area contributed by atoms with E-state index in [0.29, 0.717) is 17.5 Å². The first-order chi connectivity index (χ1) is 9.40. The molecule has 0 saturated carbocycles. The van der Waals surface area contributed by atoms with E-state index in [4.69, 9.17) is 0 Å². The molecule has 0 unspecified atom stereocenters. The minimum absolute atomic E-state index is 0.0415. The van der Waals surface area contributed by atoms with Crippen LogP contribution in [0.2, 0.25) is 0 Å². The maximum atomic E-state index is 12.9. The zero-order valence-electron chi connectivity index (χ0n) is 10.9. The molecule has 0 bridgehead atoms. The van der Waals surface area contributed by atoms with Crippen LogP contribution < -0.4 is 10.6 Å². The standard InChI is InChI=1S/C13H13F3N4/c1-8-18-11(17-2)7-12(19-8)20-10-6-4-3-5-9(10)13(14,15)16/h3-7H,1-2H3,(H2,17,18,19,20). The number of rotatable bonds is 3. The third-order valence-corrected chi connectivity index (χ3v) is 2.59. The summed E-state index contributed by atoms with van der Waals surface area (Å²) >= 11 is 0. The Bertz CT molecular complexity index is 611. The molecule has 0 saturated heterocycles. The van der Waals surface area contributed by atoms with E-state index < -0.39 is 11.7 Å². The summed E-state index contributed by atoms with van der Waals surface area (Å²) in [5.74, 6) is 1.30. The summed E-state index contributed by atoms with van der Waals surface area (Å²) in [5, 5.41) is 5.51. The van der Waals surface area contributed by atoms with Crippen molar-refractivity contribution in [3.63, 3.8) is 0 Å². The number of hydrogen-bond acceptors (Lipinski definition) is 4. The van der Waals surface area contributed by atoms with Crippen LogP contribution in [0.25, 0.3) is 0 Å². The van der Waals surface area contributed by atoms with Gasteiger partial charge in [-0.3, -0.25) is 0 Å². The minimum atomic E-state index is -4.42. The number of para-hydroxylation sites is 1. The Hall–Kier alpha value is -2.31. The van der Waals surface area contributed by atoms with Gasteiger partial charge in [0.2, 0.25) is 0 Å². The number of nitrogens with zero attached hydrogens (tertiary/aromatic N) is 2. The molecule has 0 aliphatic heterocycles. The summed E-state index contributed by atoms with van der Waals surface area (Å²) in [4.78, 5) is 8.15. The summed E-state index contributed by atoms with van der Waals surface area (Å²) < 4.78 is 38.7. The van der Waals surface area contributed by atoms with Crippen molar-refractivity contribution in [2.75, 3.05) is 17.7 Å². The summed E-state index contributed by atoms with van der Waals surface area (Å²) in [6.07, 6.45) is -4.42. The molecule has 1 heterocycles. The highest BCUT2D eigenvalue weighted by Gasteiger charge is 2.33. The fourth-order valence-corrected chi connectivity index (χ4v) is 1.74. The highest BCUT2D eigenvalue weighted by atomic mass is 19.4. The molecule has 0 radical (unpaired) electrons. The average Bonchev–Trinajstić information content (AvgIpc) is 2.37. The van der Waals surface area contributed by atoms with Crippen molar-refractivity contribution in [3.8, 4) is 0 Å². The second-order valence-electron chi connectivity index (χ2n) is 4.10. The molecule has 2 rings (SSSR count). The van der Waals surface area contributed by atoms with Gasteiger partial charge in [-0.15, -0.1) is 0 Å². The summed E-state index contributed by atoms with van der Waals surface area (Å²) in [6, 6.07) is 6.80. The van der Waals surface area contributed by atoms with Crippen LogP contribution in [0.4, 0.5) is 30.5 Å². The van der Waals surface area contributed by atoms with E-state index in [9.17, 15) is 13.2 Å². The topological polar surface area (TPSA) is 49.8 Å². The van der Waals surface area contributed by atoms with Crippen LogP contribution in [0.3, 0.4) is 0 Å². The Kier molecular flexibility index (Phi) is 3.78. The van der Waals surface area contributed by atoms with Gasteiger partial charge in [-0.25, -0.2) is 9.97 Å². The molecule has 0 aliphatic carbocycles. The average molecular weight is 282 g/mol. The van der Waals surface area contributed by atoms with E-state index in [1.807, 2.05) is 0 Å². The van der Waals surface area contributed by atoms with Gasteiger partial charge in [0.1, 0.15) is 17.5 Å². The molecule has 0 atom stereocenters. The maximum Gasteiger partial charge on any atom is 0.418 e. The van der Waals surface area contributed by atoms with E-state index in [2.05, 4.69) is 20.6 Å². The third-order valence-electron chi connectivity index (χ3n) is 2.59.